The van der Waals surface area contributed by atoms with Gasteiger partial charge in [0.2, 0.25) is 10.0 Å². The zero-order valence-corrected chi connectivity index (χ0v) is 14.5. The summed E-state index contributed by atoms with van der Waals surface area (Å²) in [5.74, 6) is 0. The molecule has 1 fully saturated rings. The summed E-state index contributed by atoms with van der Waals surface area (Å²) in [4.78, 5) is 2.37. The van der Waals surface area contributed by atoms with Crippen molar-refractivity contribution in [2.45, 2.75) is 31.8 Å². The summed E-state index contributed by atoms with van der Waals surface area (Å²) in [6.07, 6.45) is 3.16. The third kappa shape index (κ3) is 4.10. The van der Waals surface area contributed by atoms with Crippen molar-refractivity contribution in [2.24, 2.45) is 0 Å². The highest BCUT2D eigenvalue weighted by Crippen LogP contribution is 2.27. The van der Waals surface area contributed by atoms with E-state index in [0.29, 0.717) is 0 Å². The van der Waals surface area contributed by atoms with Crippen molar-refractivity contribution in [1.82, 2.24) is 9.62 Å². The van der Waals surface area contributed by atoms with E-state index in [1.54, 1.807) is 0 Å². The van der Waals surface area contributed by atoms with Crippen LogP contribution >= 0.6 is 0 Å². The van der Waals surface area contributed by atoms with Gasteiger partial charge in [-0.05, 0) is 48.7 Å². The summed E-state index contributed by atoms with van der Waals surface area (Å²) < 4.78 is 25.7. The van der Waals surface area contributed by atoms with Gasteiger partial charge in [-0.2, -0.15) is 0 Å². The number of sulfonamides is 1. The molecular formula is C18H24N2O2S. The topological polar surface area (TPSA) is 49.4 Å². The van der Waals surface area contributed by atoms with Crippen LogP contribution < -0.4 is 4.72 Å². The van der Waals surface area contributed by atoms with Crippen LogP contribution in [0.1, 0.15) is 31.4 Å². The van der Waals surface area contributed by atoms with Crippen LogP contribution in [0.2, 0.25) is 0 Å². The number of fused-ring (bicyclic) bond motifs is 1. The lowest BCUT2D eigenvalue weighted by molar-refractivity contribution is 0.154. The third-order valence-electron chi connectivity index (χ3n) is 4.64. The van der Waals surface area contributed by atoms with E-state index in [0.717, 1.165) is 25.9 Å². The van der Waals surface area contributed by atoms with Gasteiger partial charge < -0.3 is 0 Å². The highest BCUT2D eigenvalue weighted by Gasteiger charge is 2.26. The van der Waals surface area contributed by atoms with Crippen LogP contribution in [0.25, 0.3) is 10.8 Å². The maximum absolute atomic E-state index is 11.5. The van der Waals surface area contributed by atoms with E-state index in [2.05, 4.69) is 59.0 Å². The monoisotopic (exact) mass is 332 g/mol. The number of likely N-dealkylation sites (tertiary alicyclic amines) is 1. The van der Waals surface area contributed by atoms with Crippen LogP contribution in [0.15, 0.2) is 42.5 Å². The van der Waals surface area contributed by atoms with Crippen LogP contribution in [0, 0.1) is 0 Å². The van der Waals surface area contributed by atoms with Crippen molar-refractivity contribution >= 4 is 20.8 Å². The van der Waals surface area contributed by atoms with E-state index in [1.807, 2.05) is 0 Å². The molecule has 4 nitrogen and oxygen atoms in total. The van der Waals surface area contributed by atoms with Gasteiger partial charge in [-0.25, -0.2) is 13.1 Å². The smallest absolute Gasteiger partial charge is 0.208 e. The molecule has 1 aliphatic heterocycles. The van der Waals surface area contributed by atoms with Crippen molar-refractivity contribution in [3.63, 3.8) is 0 Å². The predicted octanol–water partition coefficient (Wildman–Crippen LogP) is 2.91. The van der Waals surface area contributed by atoms with E-state index < -0.39 is 10.0 Å². The Morgan fingerprint density at radius 2 is 1.91 bits per heavy atom. The maximum Gasteiger partial charge on any atom is 0.208 e. The first-order valence-electron chi connectivity index (χ1n) is 8.12. The molecule has 0 aromatic heterocycles. The van der Waals surface area contributed by atoms with Crippen LogP contribution in [0.3, 0.4) is 0 Å². The van der Waals surface area contributed by atoms with Gasteiger partial charge in [0.15, 0.2) is 0 Å². The van der Waals surface area contributed by atoms with Gasteiger partial charge in [0.25, 0.3) is 0 Å². The normalized spacial score (nSPS) is 21.4. The fraction of sp³-hybridized carbons (Fsp3) is 0.444. The summed E-state index contributed by atoms with van der Waals surface area (Å²) in [5, 5.41) is 2.50. The first kappa shape index (κ1) is 16.4. The van der Waals surface area contributed by atoms with Gasteiger partial charge in [-0.3, -0.25) is 4.90 Å². The molecular weight excluding hydrogens is 308 g/mol. The number of rotatable bonds is 4. The van der Waals surface area contributed by atoms with E-state index >= 15 is 0 Å². The summed E-state index contributed by atoms with van der Waals surface area (Å²) in [6.45, 7) is 3.98. The number of nitrogens with one attached hydrogen (secondary N) is 1. The van der Waals surface area contributed by atoms with Crippen LogP contribution in [-0.4, -0.2) is 38.7 Å². The lowest BCUT2D eigenvalue weighted by Gasteiger charge is -2.37. The second kappa shape index (κ2) is 6.59. The zero-order chi connectivity index (χ0) is 16.4. The summed E-state index contributed by atoms with van der Waals surface area (Å²) in [6, 6.07) is 15.3. The summed E-state index contributed by atoms with van der Waals surface area (Å²) >= 11 is 0. The minimum absolute atomic E-state index is 0.0154. The summed E-state index contributed by atoms with van der Waals surface area (Å²) in [7, 11) is -3.14. The molecule has 2 atom stereocenters. The molecule has 1 N–H and O–H groups in total. The Kier molecular flexibility index (Phi) is 4.71. The lowest BCUT2D eigenvalue weighted by atomic mass is 9.98. The second-order valence-corrected chi connectivity index (χ2v) is 8.29. The van der Waals surface area contributed by atoms with E-state index in [-0.39, 0.29) is 12.1 Å². The fourth-order valence-electron chi connectivity index (χ4n) is 3.44. The molecule has 0 radical (unpaired) electrons. The second-order valence-electron chi connectivity index (χ2n) is 6.51. The Bertz CT molecular complexity index is 788. The SMILES string of the molecule is C[C@@H](c1ccc2ccccc2c1)N1CCC[C@@H](NS(C)(=O)=O)C1. The van der Waals surface area contributed by atoms with Crippen LogP contribution in [0.5, 0.6) is 0 Å². The molecule has 1 heterocycles. The molecule has 0 aliphatic carbocycles. The van der Waals surface area contributed by atoms with Crippen molar-refractivity contribution in [2.75, 3.05) is 19.3 Å². The molecule has 0 unspecified atom stereocenters. The van der Waals surface area contributed by atoms with Crippen LogP contribution in [-0.2, 0) is 10.0 Å². The Hall–Kier alpha value is -1.43. The zero-order valence-electron chi connectivity index (χ0n) is 13.7. The van der Waals surface area contributed by atoms with Crippen molar-refractivity contribution < 1.29 is 8.42 Å². The van der Waals surface area contributed by atoms with E-state index in [4.69, 9.17) is 0 Å². The minimum Gasteiger partial charge on any atom is -0.295 e. The molecule has 0 amide bonds. The quantitative estimate of drug-likeness (QED) is 0.936. The Morgan fingerprint density at radius 1 is 1.17 bits per heavy atom. The Balaban J connectivity index is 1.76. The Labute approximate surface area is 138 Å². The van der Waals surface area contributed by atoms with Gasteiger partial charge in [-0.1, -0.05) is 36.4 Å². The average molecular weight is 332 g/mol. The molecule has 3 rings (SSSR count). The van der Waals surface area contributed by atoms with Gasteiger partial charge >= 0.3 is 0 Å². The number of hydrogen-bond donors (Lipinski definition) is 1. The third-order valence-corrected chi connectivity index (χ3v) is 5.40. The van der Waals surface area contributed by atoms with Crippen molar-refractivity contribution in [1.29, 1.82) is 0 Å². The molecule has 0 saturated carbocycles. The number of benzene rings is 2. The van der Waals surface area contributed by atoms with Crippen molar-refractivity contribution in [3.8, 4) is 0 Å². The molecule has 124 valence electrons. The summed E-state index contributed by atoms with van der Waals surface area (Å²) in [5.41, 5.74) is 1.28. The van der Waals surface area contributed by atoms with Gasteiger partial charge in [-0.15, -0.1) is 0 Å². The maximum atomic E-state index is 11.5. The lowest BCUT2D eigenvalue weighted by Crippen LogP contribution is -2.47. The first-order chi connectivity index (χ1) is 10.9. The molecule has 0 spiro atoms. The standard InChI is InChI=1S/C18H24N2O2S/c1-14(16-10-9-15-6-3-4-7-17(15)12-16)20-11-5-8-18(13-20)19-23(2,21)22/h3-4,6-7,9-10,12,14,18-19H,5,8,11,13H2,1-2H3/t14-,18+/m0/s1. The molecule has 0 bridgehead atoms. The highest BCUT2D eigenvalue weighted by molar-refractivity contribution is 7.88. The molecule has 5 heteroatoms. The highest BCUT2D eigenvalue weighted by atomic mass is 32.2. The molecule has 1 saturated heterocycles. The average Bonchev–Trinajstić information content (AvgIpc) is 2.52. The van der Waals surface area contributed by atoms with Gasteiger partial charge in [0.05, 0.1) is 6.26 Å². The predicted molar refractivity (Wildman–Crippen MR) is 94.9 cm³/mol. The molecule has 2 aromatic carbocycles. The molecule has 2 aromatic rings. The van der Waals surface area contributed by atoms with E-state index in [9.17, 15) is 8.42 Å². The minimum atomic E-state index is -3.14. The van der Waals surface area contributed by atoms with Crippen LogP contribution in [0.4, 0.5) is 0 Å². The van der Waals surface area contributed by atoms with Gasteiger partial charge in [0, 0.05) is 18.6 Å². The fourth-order valence-corrected chi connectivity index (χ4v) is 4.23. The number of hydrogen-bond acceptors (Lipinski definition) is 3. The molecule has 1 aliphatic rings. The Morgan fingerprint density at radius 3 is 2.65 bits per heavy atom. The largest absolute Gasteiger partial charge is 0.295 e. The van der Waals surface area contributed by atoms with Crippen molar-refractivity contribution in [3.05, 3.63) is 48.0 Å². The van der Waals surface area contributed by atoms with Gasteiger partial charge in [0.1, 0.15) is 0 Å². The number of piperidine rings is 1. The first-order valence-corrected chi connectivity index (χ1v) is 10.0. The van der Waals surface area contributed by atoms with E-state index in [1.165, 1.54) is 22.6 Å². The number of nitrogens with zero attached hydrogens (tertiary/aromatic N) is 1. The molecule has 23 heavy (non-hydrogen) atoms.